The van der Waals surface area contributed by atoms with E-state index in [2.05, 4.69) is 51.0 Å². The van der Waals surface area contributed by atoms with Crippen LogP contribution in [0.25, 0.3) is 11.4 Å². The lowest BCUT2D eigenvalue weighted by Gasteiger charge is -2.13. The lowest BCUT2D eigenvalue weighted by atomic mass is 10.1. The van der Waals surface area contributed by atoms with Gasteiger partial charge in [0, 0.05) is 18.3 Å². The smallest absolute Gasteiger partial charge is 0.238 e. The predicted octanol–water partition coefficient (Wildman–Crippen LogP) is 4.83. The van der Waals surface area contributed by atoms with E-state index in [9.17, 15) is 4.79 Å². The van der Waals surface area contributed by atoms with Crippen LogP contribution in [0.1, 0.15) is 25.8 Å². The first-order valence-corrected chi connectivity index (χ1v) is 10.3. The molecule has 1 atom stereocenters. The van der Waals surface area contributed by atoms with Gasteiger partial charge in [-0.1, -0.05) is 54.0 Å². The molecule has 0 bridgehead atoms. The molecule has 28 heavy (non-hydrogen) atoms. The number of aromatic nitrogens is 4. The zero-order chi connectivity index (χ0) is 20.1. The molecule has 146 valence electrons. The van der Waals surface area contributed by atoms with Gasteiger partial charge in [0.25, 0.3) is 0 Å². The summed E-state index contributed by atoms with van der Waals surface area (Å²) >= 11 is 7.21. The molecular weight excluding hydrogens is 394 g/mol. The maximum absolute atomic E-state index is 12.5. The average molecular weight is 416 g/mol. The summed E-state index contributed by atoms with van der Waals surface area (Å²) in [5, 5.41) is 12.4. The fraction of sp³-hybridized carbons (Fsp3) is 0.300. The molecule has 2 heterocycles. The molecule has 3 aromatic rings. The van der Waals surface area contributed by atoms with Gasteiger partial charge in [-0.05, 0) is 38.5 Å². The number of carbonyl (C=O) groups is 1. The average Bonchev–Trinajstić information content (AvgIpc) is 3.06. The lowest BCUT2D eigenvalue weighted by Crippen LogP contribution is -2.23. The van der Waals surface area contributed by atoms with Crippen molar-refractivity contribution in [3.63, 3.8) is 0 Å². The summed E-state index contributed by atoms with van der Waals surface area (Å²) in [6.07, 6.45) is 2.45. The molecule has 6 nitrogen and oxygen atoms in total. The van der Waals surface area contributed by atoms with Crippen molar-refractivity contribution in [2.24, 2.45) is 0 Å². The van der Waals surface area contributed by atoms with Crippen molar-refractivity contribution in [1.29, 1.82) is 0 Å². The monoisotopic (exact) mass is 415 g/mol. The summed E-state index contributed by atoms with van der Waals surface area (Å²) in [5.41, 5.74) is 2.19. The highest BCUT2D eigenvalue weighted by atomic mass is 35.5. The zero-order valence-electron chi connectivity index (χ0n) is 16.0. The Morgan fingerprint density at radius 1 is 1.29 bits per heavy atom. The molecule has 0 aliphatic carbocycles. The number of anilines is 1. The number of nitrogens with one attached hydrogen (secondary N) is 1. The number of thioether (sulfide) groups is 1. The fourth-order valence-corrected chi connectivity index (χ4v) is 3.67. The van der Waals surface area contributed by atoms with Gasteiger partial charge in [0.15, 0.2) is 11.0 Å². The van der Waals surface area contributed by atoms with Crippen LogP contribution in [0, 0.1) is 6.92 Å². The summed E-state index contributed by atoms with van der Waals surface area (Å²) in [4.78, 5) is 16.6. The number of pyridine rings is 1. The summed E-state index contributed by atoms with van der Waals surface area (Å²) in [6, 6.07) is 11.5. The summed E-state index contributed by atoms with van der Waals surface area (Å²) < 4.78 is 2.07. The topological polar surface area (TPSA) is 72.7 Å². The Balaban J connectivity index is 1.77. The Hall–Kier alpha value is -2.38. The first-order valence-electron chi connectivity index (χ1n) is 9.07. The minimum Gasteiger partial charge on any atom is -0.310 e. The van der Waals surface area contributed by atoms with E-state index >= 15 is 0 Å². The van der Waals surface area contributed by atoms with E-state index in [1.165, 1.54) is 23.5 Å². The van der Waals surface area contributed by atoms with Gasteiger partial charge in [0.2, 0.25) is 5.91 Å². The second-order valence-corrected chi connectivity index (χ2v) is 8.18. The highest BCUT2D eigenvalue weighted by molar-refractivity contribution is 8.00. The number of rotatable bonds is 7. The molecule has 0 aliphatic rings. The Bertz CT molecular complexity index is 957. The lowest BCUT2D eigenvalue weighted by molar-refractivity contribution is -0.115. The highest BCUT2D eigenvalue weighted by Gasteiger charge is 2.21. The number of carbonyl (C=O) groups excluding carboxylic acids is 1. The Kier molecular flexibility index (Phi) is 6.70. The second-order valence-electron chi connectivity index (χ2n) is 6.44. The Labute approximate surface area is 173 Å². The van der Waals surface area contributed by atoms with E-state index in [4.69, 9.17) is 11.6 Å². The molecule has 0 radical (unpaired) electrons. The van der Waals surface area contributed by atoms with Crippen LogP contribution in [0.5, 0.6) is 0 Å². The van der Waals surface area contributed by atoms with Crippen LogP contribution in [-0.4, -0.2) is 30.9 Å². The second kappa shape index (κ2) is 9.21. The maximum atomic E-state index is 12.5. The minimum absolute atomic E-state index is 0.150. The number of benzene rings is 1. The summed E-state index contributed by atoms with van der Waals surface area (Å²) in [7, 11) is 0. The van der Waals surface area contributed by atoms with E-state index in [0.29, 0.717) is 10.8 Å². The van der Waals surface area contributed by atoms with Crippen molar-refractivity contribution in [1.82, 2.24) is 19.7 Å². The van der Waals surface area contributed by atoms with Crippen LogP contribution in [0.4, 0.5) is 5.82 Å². The largest absolute Gasteiger partial charge is 0.310 e. The van der Waals surface area contributed by atoms with Gasteiger partial charge in [-0.25, -0.2) is 4.98 Å². The standard InChI is InChI=1S/C20H22ClN5OS/c1-4-10-26-18(15-7-5-6-13(2)11-15)24-25-20(26)28-14(3)19(27)23-17-9-8-16(21)12-22-17/h5-9,11-12,14H,4,10H2,1-3H3,(H,22,23,27)/t14-/m1/s1. The van der Waals surface area contributed by atoms with Gasteiger partial charge < -0.3 is 9.88 Å². The molecule has 3 rings (SSSR count). The van der Waals surface area contributed by atoms with Crippen LogP contribution in [-0.2, 0) is 11.3 Å². The van der Waals surface area contributed by atoms with Gasteiger partial charge in [0.1, 0.15) is 5.82 Å². The quantitative estimate of drug-likeness (QED) is 0.559. The van der Waals surface area contributed by atoms with Crippen molar-refractivity contribution >= 4 is 35.1 Å². The number of halogens is 1. The van der Waals surface area contributed by atoms with E-state index in [0.717, 1.165) is 29.5 Å². The third kappa shape index (κ3) is 4.91. The van der Waals surface area contributed by atoms with Crippen LogP contribution in [0.15, 0.2) is 47.8 Å². The summed E-state index contributed by atoms with van der Waals surface area (Å²) in [5.74, 6) is 1.14. The zero-order valence-corrected chi connectivity index (χ0v) is 17.6. The molecule has 0 saturated carbocycles. The molecule has 1 N–H and O–H groups in total. The SMILES string of the molecule is CCCn1c(S[C@H](C)C(=O)Nc2ccc(Cl)cn2)nnc1-c1cccc(C)c1. The van der Waals surface area contributed by atoms with Gasteiger partial charge in [-0.2, -0.15) is 0 Å². The molecule has 2 aromatic heterocycles. The number of amides is 1. The van der Waals surface area contributed by atoms with Crippen LogP contribution < -0.4 is 5.32 Å². The van der Waals surface area contributed by atoms with Gasteiger partial charge in [0.05, 0.1) is 10.3 Å². The van der Waals surface area contributed by atoms with Crippen molar-refractivity contribution < 1.29 is 4.79 Å². The number of aryl methyl sites for hydroxylation is 1. The third-order valence-corrected chi connectivity index (χ3v) is 5.37. The number of hydrogen-bond donors (Lipinski definition) is 1. The molecule has 0 saturated heterocycles. The van der Waals surface area contributed by atoms with Crippen molar-refractivity contribution in [3.05, 3.63) is 53.2 Å². The molecule has 0 spiro atoms. The van der Waals surface area contributed by atoms with E-state index in [1.54, 1.807) is 12.1 Å². The maximum Gasteiger partial charge on any atom is 0.238 e. The molecule has 0 fully saturated rings. The van der Waals surface area contributed by atoms with E-state index < -0.39 is 0 Å². The molecule has 8 heteroatoms. The molecule has 0 aliphatic heterocycles. The summed E-state index contributed by atoms with van der Waals surface area (Å²) in [6.45, 7) is 6.78. The molecule has 1 aromatic carbocycles. The molecule has 1 amide bonds. The van der Waals surface area contributed by atoms with Crippen molar-refractivity contribution in [3.8, 4) is 11.4 Å². The van der Waals surface area contributed by atoms with Gasteiger partial charge in [-0.3, -0.25) is 4.79 Å². The Morgan fingerprint density at radius 2 is 2.11 bits per heavy atom. The van der Waals surface area contributed by atoms with Gasteiger partial charge in [-0.15, -0.1) is 10.2 Å². The fourth-order valence-electron chi connectivity index (χ4n) is 2.69. The van der Waals surface area contributed by atoms with Gasteiger partial charge >= 0.3 is 0 Å². The minimum atomic E-state index is -0.359. The Morgan fingerprint density at radius 3 is 2.79 bits per heavy atom. The number of hydrogen-bond acceptors (Lipinski definition) is 5. The van der Waals surface area contributed by atoms with Crippen LogP contribution >= 0.6 is 23.4 Å². The van der Waals surface area contributed by atoms with E-state index in [-0.39, 0.29) is 11.2 Å². The highest BCUT2D eigenvalue weighted by Crippen LogP contribution is 2.28. The van der Waals surface area contributed by atoms with E-state index in [1.807, 2.05) is 19.1 Å². The predicted molar refractivity (Wildman–Crippen MR) is 114 cm³/mol. The molecule has 0 unspecified atom stereocenters. The van der Waals surface area contributed by atoms with Crippen molar-refractivity contribution in [2.45, 2.75) is 44.1 Å². The third-order valence-electron chi connectivity index (χ3n) is 4.07. The van der Waals surface area contributed by atoms with Crippen LogP contribution in [0.3, 0.4) is 0 Å². The molecular formula is C20H22ClN5OS. The number of nitrogens with zero attached hydrogens (tertiary/aromatic N) is 4. The first-order chi connectivity index (χ1) is 13.5. The van der Waals surface area contributed by atoms with Crippen molar-refractivity contribution in [2.75, 3.05) is 5.32 Å². The normalized spacial score (nSPS) is 12.0. The first kappa shape index (κ1) is 20.4. The van der Waals surface area contributed by atoms with Crippen LogP contribution in [0.2, 0.25) is 5.02 Å².